The van der Waals surface area contributed by atoms with Gasteiger partial charge in [0, 0.05) is 9.50 Å². The minimum Gasteiger partial charge on any atom is -0.452 e. The van der Waals surface area contributed by atoms with E-state index in [9.17, 15) is 14.0 Å². The second-order valence-corrected chi connectivity index (χ2v) is 5.61. The van der Waals surface area contributed by atoms with Crippen molar-refractivity contribution in [3.63, 3.8) is 0 Å². The van der Waals surface area contributed by atoms with E-state index < -0.39 is 24.3 Å². The van der Waals surface area contributed by atoms with Crippen molar-refractivity contribution >= 4 is 45.1 Å². The zero-order valence-electron chi connectivity index (χ0n) is 11.1. The molecule has 0 aliphatic rings. The van der Waals surface area contributed by atoms with Crippen molar-refractivity contribution in [3.05, 3.63) is 63.3 Å². The molecule has 2 aromatic carbocycles. The Bertz CT molecular complexity index is 706. The molecule has 114 valence electrons. The smallest absolute Gasteiger partial charge is 0.338 e. The van der Waals surface area contributed by atoms with E-state index in [4.69, 9.17) is 16.3 Å². The summed E-state index contributed by atoms with van der Waals surface area (Å²) in [5.41, 5.74) is 0.280. The Morgan fingerprint density at radius 3 is 2.50 bits per heavy atom. The Hall–Kier alpha value is -1.92. The molecule has 0 radical (unpaired) electrons. The summed E-state index contributed by atoms with van der Waals surface area (Å²) >= 11 is 8.85. The fraction of sp³-hybridized carbons (Fsp3) is 0.0667. The molecule has 0 spiro atoms. The minimum atomic E-state index is -0.667. The van der Waals surface area contributed by atoms with Gasteiger partial charge in [-0.05, 0) is 42.5 Å². The van der Waals surface area contributed by atoms with Crippen LogP contribution in [0.1, 0.15) is 10.4 Å². The Balaban J connectivity index is 1.89. The second-order valence-electron chi connectivity index (χ2n) is 4.26. The lowest BCUT2D eigenvalue weighted by Crippen LogP contribution is -2.21. The number of esters is 1. The molecule has 0 heterocycles. The summed E-state index contributed by atoms with van der Waals surface area (Å²) in [4.78, 5) is 23.4. The number of ether oxygens (including phenoxy) is 1. The lowest BCUT2D eigenvalue weighted by Gasteiger charge is -2.07. The van der Waals surface area contributed by atoms with Gasteiger partial charge in [-0.15, -0.1) is 0 Å². The number of anilines is 1. The molecule has 0 aliphatic heterocycles. The summed E-state index contributed by atoms with van der Waals surface area (Å²) in [5, 5.41) is 2.52. The second kappa shape index (κ2) is 7.38. The molecule has 2 aromatic rings. The van der Waals surface area contributed by atoms with Gasteiger partial charge >= 0.3 is 5.97 Å². The van der Waals surface area contributed by atoms with Crippen LogP contribution < -0.4 is 5.32 Å². The van der Waals surface area contributed by atoms with Gasteiger partial charge in [0.1, 0.15) is 5.82 Å². The van der Waals surface area contributed by atoms with Gasteiger partial charge in [-0.1, -0.05) is 27.5 Å². The molecule has 0 aliphatic carbocycles. The predicted molar refractivity (Wildman–Crippen MR) is 84.5 cm³/mol. The summed E-state index contributed by atoms with van der Waals surface area (Å²) in [7, 11) is 0. The average Bonchev–Trinajstić information content (AvgIpc) is 2.48. The van der Waals surface area contributed by atoms with Gasteiger partial charge in [0.2, 0.25) is 0 Å². The van der Waals surface area contributed by atoms with Crippen LogP contribution in [0.4, 0.5) is 10.1 Å². The first-order chi connectivity index (χ1) is 10.5. The van der Waals surface area contributed by atoms with Crippen LogP contribution >= 0.6 is 27.5 Å². The van der Waals surface area contributed by atoms with Gasteiger partial charge in [0.05, 0.1) is 11.3 Å². The van der Waals surface area contributed by atoms with E-state index in [0.717, 1.165) is 10.5 Å². The number of halogens is 3. The fourth-order valence-corrected chi connectivity index (χ4v) is 2.00. The zero-order chi connectivity index (χ0) is 16.1. The molecule has 0 saturated carbocycles. The van der Waals surface area contributed by atoms with Gasteiger partial charge in [-0.3, -0.25) is 4.79 Å². The molecule has 2 rings (SSSR count). The van der Waals surface area contributed by atoms with E-state index in [1.807, 2.05) is 0 Å². The summed E-state index contributed by atoms with van der Waals surface area (Å²) < 4.78 is 19.2. The molecule has 22 heavy (non-hydrogen) atoms. The number of benzene rings is 2. The van der Waals surface area contributed by atoms with Gasteiger partial charge in [-0.2, -0.15) is 0 Å². The first kappa shape index (κ1) is 16.5. The molecule has 0 bridgehead atoms. The maximum Gasteiger partial charge on any atom is 0.338 e. The maximum absolute atomic E-state index is 13.5. The zero-order valence-corrected chi connectivity index (χ0v) is 13.4. The van der Waals surface area contributed by atoms with Crippen molar-refractivity contribution in [2.75, 3.05) is 11.9 Å². The Morgan fingerprint density at radius 1 is 1.18 bits per heavy atom. The van der Waals surface area contributed by atoms with E-state index in [2.05, 4.69) is 21.2 Å². The van der Waals surface area contributed by atoms with Crippen molar-refractivity contribution in [1.82, 2.24) is 0 Å². The predicted octanol–water partition coefficient (Wildman–Crippen LogP) is 4.04. The largest absolute Gasteiger partial charge is 0.452 e. The molecular weight excluding hydrogens is 377 g/mol. The Morgan fingerprint density at radius 2 is 1.86 bits per heavy atom. The number of nitrogens with one attached hydrogen (secondary N) is 1. The molecule has 1 N–H and O–H groups in total. The number of amides is 1. The number of hydrogen-bond acceptors (Lipinski definition) is 3. The van der Waals surface area contributed by atoms with E-state index in [1.54, 1.807) is 24.3 Å². The van der Waals surface area contributed by atoms with Crippen molar-refractivity contribution in [1.29, 1.82) is 0 Å². The van der Waals surface area contributed by atoms with Crippen LogP contribution in [0.15, 0.2) is 46.9 Å². The van der Waals surface area contributed by atoms with Crippen LogP contribution in [0, 0.1) is 5.82 Å². The molecule has 0 fully saturated rings. The van der Waals surface area contributed by atoms with E-state index in [1.165, 1.54) is 12.1 Å². The van der Waals surface area contributed by atoms with Crippen molar-refractivity contribution in [2.24, 2.45) is 0 Å². The number of rotatable bonds is 4. The Labute approximate surface area is 139 Å². The Kier molecular flexibility index (Phi) is 5.51. The van der Waals surface area contributed by atoms with Gasteiger partial charge < -0.3 is 10.1 Å². The number of carbonyl (C=O) groups is 2. The normalized spacial score (nSPS) is 10.1. The highest BCUT2D eigenvalue weighted by Crippen LogP contribution is 2.18. The maximum atomic E-state index is 13.5. The van der Waals surface area contributed by atoms with Crippen LogP contribution in [0.25, 0.3) is 0 Å². The van der Waals surface area contributed by atoms with Crippen molar-refractivity contribution in [3.8, 4) is 0 Å². The quantitative estimate of drug-likeness (QED) is 0.807. The van der Waals surface area contributed by atoms with Crippen LogP contribution in [0.2, 0.25) is 5.02 Å². The number of carbonyl (C=O) groups excluding carboxylic acids is 2. The topological polar surface area (TPSA) is 55.4 Å². The van der Waals surface area contributed by atoms with Crippen LogP contribution in [0.3, 0.4) is 0 Å². The van der Waals surface area contributed by atoms with E-state index in [-0.39, 0.29) is 10.7 Å². The highest BCUT2D eigenvalue weighted by atomic mass is 79.9. The molecule has 0 atom stereocenters. The summed E-state index contributed by atoms with van der Waals surface area (Å²) in [5.74, 6) is -1.95. The SMILES string of the molecule is O=C(COC(=O)c1ccc(Br)cc1)Nc1ccc(Cl)cc1F. The lowest BCUT2D eigenvalue weighted by molar-refractivity contribution is -0.119. The first-order valence-electron chi connectivity index (χ1n) is 6.13. The van der Waals surface area contributed by atoms with Crippen LogP contribution in [0.5, 0.6) is 0 Å². The summed E-state index contributed by atoms with van der Waals surface area (Å²) in [6.07, 6.45) is 0. The third-order valence-electron chi connectivity index (χ3n) is 2.62. The van der Waals surface area contributed by atoms with Crippen molar-refractivity contribution in [2.45, 2.75) is 0 Å². The van der Waals surface area contributed by atoms with Gasteiger partial charge in [0.15, 0.2) is 6.61 Å². The highest BCUT2D eigenvalue weighted by Gasteiger charge is 2.12. The molecular formula is C15H10BrClFNO3. The van der Waals surface area contributed by atoms with Gasteiger partial charge in [0.25, 0.3) is 5.91 Å². The standard InChI is InChI=1S/C15H10BrClFNO3/c16-10-3-1-9(2-4-10)15(21)22-8-14(20)19-13-6-5-11(17)7-12(13)18/h1-7H,8H2,(H,19,20). The first-order valence-corrected chi connectivity index (χ1v) is 7.30. The summed E-state index contributed by atoms with van der Waals surface area (Å²) in [6, 6.07) is 10.3. The minimum absolute atomic E-state index is 0.0332. The third kappa shape index (κ3) is 4.54. The lowest BCUT2D eigenvalue weighted by atomic mass is 10.2. The third-order valence-corrected chi connectivity index (χ3v) is 3.38. The molecule has 1 amide bonds. The average molecular weight is 387 g/mol. The van der Waals surface area contributed by atoms with Crippen LogP contribution in [-0.2, 0) is 9.53 Å². The molecule has 7 heteroatoms. The van der Waals surface area contributed by atoms with Crippen LogP contribution in [-0.4, -0.2) is 18.5 Å². The fourth-order valence-electron chi connectivity index (χ4n) is 1.58. The monoisotopic (exact) mass is 385 g/mol. The molecule has 0 aromatic heterocycles. The summed E-state index contributed by atoms with van der Waals surface area (Å²) in [6.45, 7) is -0.517. The van der Waals surface area contributed by atoms with E-state index in [0.29, 0.717) is 5.56 Å². The van der Waals surface area contributed by atoms with Gasteiger partial charge in [-0.25, -0.2) is 9.18 Å². The highest BCUT2D eigenvalue weighted by molar-refractivity contribution is 9.10. The van der Waals surface area contributed by atoms with E-state index >= 15 is 0 Å². The molecule has 0 unspecified atom stereocenters. The molecule has 0 saturated heterocycles. The number of hydrogen-bond donors (Lipinski definition) is 1. The van der Waals surface area contributed by atoms with Crippen molar-refractivity contribution < 1.29 is 18.7 Å². The molecule has 4 nitrogen and oxygen atoms in total.